The second-order valence-electron chi connectivity index (χ2n) is 3.16. The molecular weight excluding hydrogens is 242 g/mol. The molecule has 1 N–H and O–H groups in total. The van der Waals surface area contributed by atoms with Gasteiger partial charge in [-0.3, -0.25) is 9.59 Å². The number of carboxylic acids is 1. The van der Waals surface area contributed by atoms with Crippen LogP contribution in [-0.2, 0) is 14.4 Å². The van der Waals surface area contributed by atoms with Crippen molar-refractivity contribution >= 4 is 40.4 Å². The van der Waals surface area contributed by atoms with Gasteiger partial charge in [0.25, 0.3) is 0 Å². The Bertz CT molecular complexity index is 322. The summed E-state index contributed by atoms with van der Waals surface area (Å²) >= 11 is 6.57. The largest absolute Gasteiger partial charge is 0.480 e. The number of β-lactam (4-membered cyclic amide) rings is 1. The molecule has 1 aliphatic rings. The maximum Gasteiger partial charge on any atom is 0.326 e. The molecule has 1 heterocycles. The minimum atomic E-state index is -1.11. The molecule has 0 aliphatic carbocycles. The van der Waals surface area contributed by atoms with Crippen molar-refractivity contribution in [3.05, 3.63) is 0 Å². The smallest absolute Gasteiger partial charge is 0.326 e. The number of rotatable bonds is 3. The van der Waals surface area contributed by atoms with E-state index >= 15 is 0 Å². The average Bonchev–Trinajstić information content (AvgIpc) is 2.15. The fraction of sp³-hybridized carbons (Fsp3) is 0.625. The predicted octanol–water partition coefficient (Wildman–Crippen LogP) is 0.515. The van der Waals surface area contributed by atoms with Crippen molar-refractivity contribution in [2.75, 3.05) is 0 Å². The van der Waals surface area contributed by atoms with E-state index in [1.807, 2.05) is 0 Å². The zero-order valence-corrected chi connectivity index (χ0v) is 9.71. The maximum atomic E-state index is 11.3. The lowest BCUT2D eigenvalue weighted by atomic mass is 10.1. The minimum Gasteiger partial charge on any atom is -0.480 e. The average molecular weight is 252 g/mol. The van der Waals surface area contributed by atoms with E-state index in [-0.39, 0.29) is 5.12 Å². The molecule has 0 aromatic heterocycles. The van der Waals surface area contributed by atoms with E-state index in [4.69, 9.17) is 16.7 Å². The van der Waals surface area contributed by atoms with Gasteiger partial charge in [-0.2, -0.15) is 0 Å². The van der Waals surface area contributed by atoms with Crippen molar-refractivity contribution in [3.63, 3.8) is 0 Å². The Hall–Kier alpha value is -0.750. The standard InChI is InChI=1S/C8H10ClNO4S/c1-3(8(13)14)10-6(12)5(9)7(10)15-4(2)11/h3,5,7H,1-2H3,(H,13,14)/t3?,5-,7+/m0/s1. The number of alkyl halides is 1. The van der Waals surface area contributed by atoms with Crippen LogP contribution in [0.2, 0.25) is 0 Å². The summed E-state index contributed by atoms with van der Waals surface area (Å²) in [5, 5.41) is 7.18. The third-order valence-corrected chi connectivity index (χ3v) is 3.72. The number of nitrogens with zero attached hydrogens (tertiary/aromatic N) is 1. The molecule has 0 spiro atoms. The van der Waals surface area contributed by atoms with Crippen LogP contribution in [0.1, 0.15) is 13.8 Å². The van der Waals surface area contributed by atoms with Gasteiger partial charge in [-0.25, -0.2) is 4.79 Å². The number of likely N-dealkylation sites (tertiary alicyclic amines) is 1. The molecule has 1 unspecified atom stereocenters. The van der Waals surface area contributed by atoms with Gasteiger partial charge in [-0.1, -0.05) is 11.8 Å². The molecule has 7 heteroatoms. The summed E-state index contributed by atoms with van der Waals surface area (Å²) in [6, 6.07) is -0.954. The molecule has 0 bridgehead atoms. The quantitative estimate of drug-likeness (QED) is 0.585. The molecular formula is C8H10ClNO4S. The van der Waals surface area contributed by atoms with Crippen LogP contribution in [0.15, 0.2) is 0 Å². The third-order valence-electron chi connectivity index (χ3n) is 2.08. The first-order valence-electron chi connectivity index (χ1n) is 4.22. The summed E-state index contributed by atoms with van der Waals surface area (Å²) < 4.78 is 0. The summed E-state index contributed by atoms with van der Waals surface area (Å²) in [6.45, 7) is 2.73. The van der Waals surface area contributed by atoms with Gasteiger partial charge in [0.1, 0.15) is 16.8 Å². The molecule has 5 nitrogen and oxygen atoms in total. The number of amides is 1. The zero-order chi connectivity index (χ0) is 11.7. The molecule has 0 aromatic rings. The lowest BCUT2D eigenvalue weighted by Gasteiger charge is -2.45. The van der Waals surface area contributed by atoms with Gasteiger partial charge in [-0.15, -0.1) is 11.6 Å². The van der Waals surface area contributed by atoms with Gasteiger partial charge in [0.05, 0.1) is 0 Å². The molecule has 0 saturated carbocycles. The molecule has 3 atom stereocenters. The molecule has 15 heavy (non-hydrogen) atoms. The summed E-state index contributed by atoms with van der Waals surface area (Å²) in [5.74, 6) is -1.55. The number of hydrogen-bond acceptors (Lipinski definition) is 4. The molecule has 1 aliphatic heterocycles. The fourth-order valence-electron chi connectivity index (χ4n) is 1.27. The first-order valence-corrected chi connectivity index (χ1v) is 5.54. The molecule has 1 rings (SSSR count). The van der Waals surface area contributed by atoms with Crippen LogP contribution in [-0.4, -0.2) is 43.8 Å². The molecule has 0 aromatic carbocycles. The van der Waals surface area contributed by atoms with Crippen LogP contribution in [0.4, 0.5) is 0 Å². The number of thioether (sulfide) groups is 1. The molecule has 0 radical (unpaired) electrons. The molecule has 84 valence electrons. The Morgan fingerprint density at radius 2 is 2.13 bits per heavy atom. The number of halogens is 1. The van der Waals surface area contributed by atoms with E-state index in [1.54, 1.807) is 0 Å². The zero-order valence-electron chi connectivity index (χ0n) is 8.14. The van der Waals surface area contributed by atoms with Gasteiger partial charge >= 0.3 is 5.97 Å². The molecule has 1 amide bonds. The van der Waals surface area contributed by atoms with Gasteiger partial charge in [0, 0.05) is 6.92 Å². The van der Waals surface area contributed by atoms with Gasteiger partial charge < -0.3 is 10.0 Å². The van der Waals surface area contributed by atoms with Crippen LogP contribution in [0, 0.1) is 0 Å². The van der Waals surface area contributed by atoms with Gasteiger partial charge in [-0.05, 0) is 6.92 Å². The topological polar surface area (TPSA) is 74.7 Å². The normalized spacial score (nSPS) is 27.1. The first kappa shape index (κ1) is 12.3. The van der Waals surface area contributed by atoms with Crippen molar-refractivity contribution < 1.29 is 19.5 Å². The van der Waals surface area contributed by atoms with E-state index in [0.717, 1.165) is 16.7 Å². The summed E-state index contributed by atoms with van der Waals surface area (Å²) in [5.41, 5.74) is 0. The second kappa shape index (κ2) is 4.40. The van der Waals surface area contributed by atoms with Crippen molar-refractivity contribution in [2.24, 2.45) is 0 Å². The van der Waals surface area contributed by atoms with Crippen LogP contribution in [0.3, 0.4) is 0 Å². The van der Waals surface area contributed by atoms with Crippen molar-refractivity contribution in [3.8, 4) is 0 Å². The summed E-state index contributed by atoms with van der Waals surface area (Å²) in [4.78, 5) is 34.0. The molecule has 1 fully saturated rings. The second-order valence-corrected chi connectivity index (χ2v) is 4.93. The van der Waals surface area contributed by atoms with Crippen LogP contribution in [0.25, 0.3) is 0 Å². The Morgan fingerprint density at radius 1 is 1.60 bits per heavy atom. The van der Waals surface area contributed by atoms with Crippen molar-refractivity contribution in [1.82, 2.24) is 4.90 Å². The predicted molar refractivity (Wildman–Crippen MR) is 55.6 cm³/mol. The van der Waals surface area contributed by atoms with Crippen molar-refractivity contribution in [1.29, 1.82) is 0 Å². The van der Waals surface area contributed by atoms with Crippen LogP contribution >= 0.6 is 23.4 Å². The minimum absolute atomic E-state index is 0.194. The monoisotopic (exact) mass is 251 g/mol. The highest BCUT2D eigenvalue weighted by Crippen LogP contribution is 2.35. The summed E-state index contributed by atoms with van der Waals surface area (Å²) in [7, 11) is 0. The highest BCUT2D eigenvalue weighted by Gasteiger charge is 2.51. The lowest BCUT2D eigenvalue weighted by molar-refractivity contribution is -0.156. The van der Waals surface area contributed by atoms with Crippen LogP contribution < -0.4 is 0 Å². The molecule has 1 saturated heterocycles. The SMILES string of the molecule is CC(=O)S[C@@H]1[C@@H](Cl)C(=O)N1C(C)C(=O)O. The highest BCUT2D eigenvalue weighted by atomic mass is 35.5. The number of hydrogen-bond donors (Lipinski definition) is 1. The van der Waals surface area contributed by atoms with E-state index in [1.165, 1.54) is 13.8 Å². The Morgan fingerprint density at radius 3 is 2.53 bits per heavy atom. The number of carboxylic acid groups (broad SMARTS) is 1. The number of carbonyl (C=O) groups excluding carboxylic acids is 2. The fourth-order valence-corrected chi connectivity index (χ4v) is 2.63. The van der Waals surface area contributed by atoms with E-state index in [9.17, 15) is 14.4 Å². The van der Waals surface area contributed by atoms with Gasteiger partial charge in [0.15, 0.2) is 5.12 Å². The third kappa shape index (κ3) is 2.26. The Labute approximate surface area is 95.8 Å². The highest BCUT2D eigenvalue weighted by molar-refractivity contribution is 8.14. The van der Waals surface area contributed by atoms with Gasteiger partial charge in [0.2, 0.25) is 5.91 Å². The maximum absolute atomic E-state index is 11.3. The van der Waals surface area contributed by atoms with E-state index in [0.29, 0.717) is 0 Å². The van der Waals surface area contributed by atoms with E-state index in [2.05, 4.69) is 0 Å². The van der Waals surface area contributed by atoms with Crippen molar-refractivity contribution in [2.45, 2.75) is 30.6 Å². The first-order chi connectivity index (χ1) is 6.86. The summed E-state index contributed by atoms with van der Waals surface area (Å²) in [6.07, 6.45) is 0. The van der Waals surface area contributed by atoms with E-state index < -0.39 is 28.7 Å². The Balaban J connectivity index is 2.74. The number of carbonyl (C=O) groups is 3. The Kier molecular flexibility index (Phi) is 3.62. The lowest BCUT2D eigenvalue weighted by Crippen LogP contribution is -2.65. The van der Waals surface area contributed by atoms with Crippen LogP contribution in [0.5, 0.6) is 0 Å². The number of aliphatic carboxylic acids is 1.